The quantitative estimate of drug-likeness (QED) is 0.376. The number of fused-ring (bicyclic) bond motifs is 1. The van der Waals surface area contributed by atoms with Crippen LogP contribution in [0, 0.1) is 6.92 Å². The van der Waals surface area contributed by atoms with E-state index in [1.165, 1.54) is 11.8 Å². The van der Waals surface area contributed by atoms with Gasteiger partial charge in [0.05, 0.1) is 18.4 Å². The highest BCUT2D eigenvalue weighted by molar-refractivity contribution is 7.99. The van der Waals surface area contributed by atoms with E-state index in [0.29, 0.717) is 47.1 Å². The second kappa shape index (κ2) is 10.1. The number of nitrogens with one attached hydrogen (secondary N) is 1. The summed E-state index contributed by atoms with van der Waals surface area (Å²) >= 11 is 1.31. The summed E-state index contributed by atoms with van der Waals surface area (Å²) < 4.78 is 18.6. The van der Waals surface area contributed by atoms with E-state index in [9.17, 15) is 4.79 Å². The molecule has 1 amide bonds. The first-order valence-electron chi connectivity index (χ1n) is 11.1. The van der Waals surface area contributed by atoms with Crippen LogP contribution in [0.25, 0.3) is 17.1 Å². The van der Waals surface area contributed by atoms with E-state index in [4.69, 9.17) is 14.2 Å². The zero-order chi connectivity index (χ0) is 24.2. The maximum Gasteiger partial charge on any atom is 0.234 e. The predicted octanol–water partition coefficient (Wildman–Crippen LogP) is 4.75. The van der Waals surface area contributed by atoms with Crippen LogP contribution in [0.4, 0.5) is 5.69 Å². The fourth-order valence-electron chi connectivity index (χ4n) is 3.74. The molecule has 0 unspecified atom stereocenters. The van der Waals surface area contributed by atoms with Crippen LogP contribution in [0.15, 0.2) is 71.9 Å². The topological polar surface area (TPSA) is 87.5 Å². The van der Waals surface area contributed by atoms with Crippen molar-refractivity contribution in [2.24, 2.45) is 0 Å². The van der Waals surface area contributed by atoms with Gasteiger partial charge >= 0.3 is 0 Å². The molecule has 5 rings (SSSR count). The molecule has 0 fully saturated rings. The SMILES string of the molecule is COc1ccccc1-c1nnc(SCC(=O)Nc2ccc3c(c2)OCCO3)n1-c1ccc(C)cc1. The highest BCUT2D eigenvalue weighted by atomic mass is 32.2. The summed E-state index contributed by atoms with van der Waals surface area (Å²) in [4.78, 5) is 12.7. The first-order valence-corrected chi connectivity index (χ1v) is 12.1. The normalized spacial score (nSPS) is 12.3. The second-order valence-electron chi connectivity index (χ2n) is 7.87. The molecule has 0 spiro atoms. The van der Waals surface area contributed by atoms with Crippen LogP contribution in [0.5, 0.6) is 17.2 Å². The van der Waals surface area contributed by atoms with Crippen LogP contribution in [-0.4, -0.2) is 46.7 Å². The Hall–Kier alpha value is -3.98. The van der Waals surface area contributed by atoms with Gasteiger partial charge in [0.25, 0.3) is 0 Å². The molecular formula is C26H24N4O4S. The third-order valence-electron chi connectivity index (χ3n) is 5.43. The number of anilines is 1. The molecule has 1 N–H and O–H groups in total. The summed E-state index contributed by atoms with van der Waals surface area (Å²) in [5.41, 5.74) is 3.51. The number of aromatic nitrogens is 3. The molecule has 1 aliphatic rings. The Morgan fingerprint density at radius 3 is 2.60 bits per heavy atom. The summed E-state index contributed by atoms with van der Waals surface area (Å²) in [6, 6.07) is 21.1. The average molecular weight is 489 g/mol. The molecular weight excluding hydrogens is 464 g/mol. The predicted molar refractivity (Wildman–Crippen MR) is 135 cm³/mol. The van der Waals surface area contributed by atoms with Crippen molar-refractivity contribution >= 4 is 23.4 Å². The van der Waals surface area contributed by atoms with E-state index in [2.05, 4.69) is 15.5 Å². The number of carbonyl (C=O) groups is 1. The van der Waals surface area contributed by atoms with Crippen molar-refractivity contribution in [3.63, 3.8) is 0 Å². The number of para-hydroxylation sites is 1. The van der Waals surface area contributed by atoms with Crippen molar-refractivity contribution in [3.8, 4) is 34.3 Å². The Morgan fingerprint density at radius 1 is 1.03 bits per heavy atom. The van der Waals surface area contributed by atoms with Crippen LogP contribution in [-0.2, 0) is 4.79 Å². The second-order valence-corrected chi connectivity index (χ2v) is 8.82. The maximum absolute atomic E-state index is 12.7. The average Bonchev–Trinajstić information content (AvgIpc) is 3.31. The number of hydrogen-bond donors (Lipinski definition) is 1. The monoisotopic (exact) mass is 488 g/mol. The van der Waals surface area contributed by atoms with E-state index in [1.54, 1.807) is 25.3 Å². The van der Waals surface area contributed by atoms with E-state index < -0.39 is 0 Å². The summed E-state index contributed by atoms with van der Waals surface area (Å²) in [7, 11) is 1.63. The van der Waals surface area contributed by atoms with Gasteiger partial charge in [0.2, 0.25) is 5.91 Å². The van der Waals surface area contributed by atoms with Crippen molar-refractivity contribution in [1.29, 1.82) is 0 Å². The first kappa shape index (κ1) is 22.8. The molecule has 2 heterocycles. The highest BCUT2D eigenvalue weighted by Gasteiger charge is 2.20. The van der Waals surface area contributed by atoms with Gasteiger partial charge < -0.3 is 19.5 Å². The van der Waals surface area contributed by atoms with Crippen LogP contribution >= 0.6 is 11.8 Å². The third-order valence-corrected chi connectivity index (χ3v) is 6.36. The Labute approximate surface area is 207 Å². The number of nitrogens with zero attached hydrogens (tertiary/aromatic N) is 3. The zero-order valence-corrected chi connectivity index (χ0v) is 20.2. The van der Waals surface area contributed by atoms with Crippen LogP contribution in [0.2, 0.25) is 0 Å². The largest absolute Gasteiger partial charge is 0.496 e. The molecule has 1 aliphatic heterocycles. The number of ether oxygens (including phenoxy) is 3. The van der Waals surface area contributed by atoms with E-state index in [-0.39, 0.29) is 11.7 Å². The molecule has 0 bridgehead atoms. The molecule has 3 aromatic carbocycles. The van der Waals surface area contributed by atoms with Crippen molar-refractivity contribution in [2.75, 3.05) is 31.4 Å². The van der Waals surface area contributed by atoms with Gasteiger partial charge in [-0.05, 0) is 43.3 Å². The van der Waals surface area contributed by atoms with Crippen molar-refractivity contribution in [2.45, 2.75) is 12.1 Å². The number of methoxy groups -OCH3 is 1. The summed E-state index contributed by atoms with van der Waals surface area (Å²) in [5, 5.41) is 12.4. The summed E-state index contributed by atoms with van der Waals surface area (Å²) in [6.45, 7) is 3.05. The smallest absolute Gasteiger partial charge is 0.234 e. The molecule has 35 heavy (non-hydrogen) atoms. The lowest BCUT2D eigenvalue weighted by molar-refractivity contribution is -0.113. The Balaban J connectivity index is 1.39. The summed E-state index contributed by atoms with van der Waals surface area (Å²) in [5.74, 6) is 2.64. The van der Waals surface area contributed by atoms with Crippen molar-refractivity contribution in [1.82, 2.24) is 14.8 Å². The minimum absolute atomic E-state index is 0.157. The van der Waals surface area contributed by atoms with Gasteiger partial charge in [0, 0.05) is 17.4 Å². The van der Waals surface area contributed by atoms with Gasteiger partial charge in [0.15, 0.2) is 22.5 Å². The first-order chi connectivity index (χ1) is 17.1. The molecule has 9 heteroatoms. The number of amides is 1. The fraction of sp³-hybridized carbons (Fsp3) is 0.192. The van der Waals surface area contributed by atoms with E-state index in [0.717, 1.165) is 16.8 Å². The molecule has 178 valence electrons. The molecule has 0 saturated heterocycles. The number of aryl methyl sites for hydroxylation is 1. The van der Waals surface area contributed by atoms with Gasteiger partial charge in [-0.15, -0.1) is 10.2 Å². The number of rotatable bonds is 7. The summed E-state index contributed by atoms with van der Waals surface area (Å²) in [6.07, 6.45) is 0. The maximum atomic E-state index is 12.7. The van der Waals surface area contributed by atoms with Gasteiger partial charge in [-0.1, -0.05) is 41.6 Å². The Kier molecular flexibility index (Phi) is 6.58. The lowest BCUT2D eigenvalue weighted by Gasteiger charge is -2.19. The number of benzene rings is 3. The van der Waals surface area contributed by atoms with Crippen molar-refractivity contribution in [3.05, 3.63) is 72.3 Å². The Bertz CT molecular complexity index is 1350. The number of carbonyl (C=O) groups excluding carboxylic acids is 1. The molecule has 0 atom stereocenters. The Morgan fingerprint density at radius 2 is 1.80 bits per heavy atom. The fourth-order valence-corrected chi connectivity index (χ4v) is 4.49. The van der Waals surface area contributed by atoms with Gasteiger partial charge in [-0.3, -0.25) is 9.36 Å². The molecule has 0 aliphatic carbocycles. The zero-order valence-electron chi connectivity index (χ0n) is 19.4. The minimum Gasteiger partial charge on any atom is -0.496 e. The minimum atomic E-state index is -0.163. The van der Waals surface area contributed by atoms with Crippen LogP contribution < -0.4 is 19.5 Å². The molecule has 0 radical (unpaired) electrons. The highest BCUT2D eigenvalue weighted by Crippen LogP contribution is 2.34. The van der Waals surface area contributed by atoms with Gasteiger partial charge in [-0.2, -0.15) is 0 Å². The number of thioether (sulfide) groups is 1. The van der Waals surface area contributed by atoms with Crippen LogP contribution in [0.1, 0.15) is 5.56 Å². The molecule has 0 saturated carbocycles. The number of hydrogen-bond acceptors (Lipinski definition) is 7. The molecule has 8 nitrogen and oxygen atoms in total. The standard InChI is InChI=1S/C26H24N4O4S/c1-17-7-10-19(11-8-17)30-25(20-5-3-4-6-21(20)32-2)28-29-26(30)35-16-24(31)27-18-9-12-22-23(15-18)34-14-13-33-22/h3-12,15H,13-14,16H2,1-2H3,(H,27,31). The van der Waals surface area contributed by atoms with E-state index >= 15 is 0 Å². The van der Waals surface area contributed by atoms with Crippen LogP contribution in [0.3, 0.4) is 0 Å². The lowest BCUT2D eigenvalue weighted by Crippen LogP contribution is -2.17. The lowest BCUT2D eigenvalue weighted by atomic mass is 10.1. The van der Waals surface area contributed by atoms with Gasteiger partial charge in [-0.25, -0.2) is 0 Å². The molecule has 1 aromatic heterocycles. The molecule has 4 aromatic rings. The third kappa shape index (κ3) is 4.95. The van der Waals surface area contributed by atoms with Gasteiger partial charge in [0.1, 0.15) is 19.0 Å². The van der Waals surface area contributed by atoms with Crippen molar-refractivity contribution < 1.29 is 19.0 Å². The van der Waals surface area contributed by atoms with E-state index in [1.807, 2.05) is 60.0 Å².